The Kier molecular flexibility index (Phi) is 9.03. The van der Waals surface area contributed by atoms with Crippen molar-refractivity contribution >= 4 is 19.2 Å². The molecule has 0 aliphatic heterocycles. The quantitative estimate of drug-likeness (QED) is 0.136. The van der Waals surface area contributed by atoms with Gasteiger partial charge in [0.15, 0.2) is 5.58 Å². The van der Waals surface area contributed by atoms with Crippen LogP contribution in [0.15, 0.2) is 71.1 Å². The van der Waals surface area contributed by atoms with E-state index in [-0.39, 0.29) is 0 Å². The van der Waals surface area contributed by atoms with Crippen LogP contribution < -0.4 is 4.74 Å². The second-order valence-corrected chi connectivity index (χ2v) is 16.1. The predicted octanol–water partition coefficient (Wildman–Crippen LogP) is 9.78. The molecule has 0 radical (unpaired) electrons. The summed E-state index contributed by atoms with van der Waals surface area (Å²) in [6.07, 6.45) is 7.32. The van der Waals surface area contributed by atoms with Crippen LogP contribution in [0.4, 0.5) is 0 Å². The van der Waals surface area contributed by atoms with Gasteiger partial charge < -0.3 is 9.15 Å². The minimum atomic E-state index is -1.05. The maximum Gasteiger partial charge on any atom is 0.227 e. The highest BCUT2D eigenvalue weighted by atomic mass is 28.3. The summed E-state index contributed by atoms with van der Waals surface area (Å²) >= 11 is 0. The first-order valence-electron chi connectivity index (χ1n) is 13.7. The zero-order valence-corrected chi connectivity index (χ0v) is 23.5. The van der Waals surface area contributed by atoms with Gasteiger partial charge in [-0.2, -0.15) is 0 Å². The molecule has 1 heterocycles. The van der Waals surface area contributed by atoms with E-state index in [9.17, 15) is 0 Å². The lowest BCUT2D eigenvalue weighted by Crippen LogP contribution is -2.25. The summed E-state index contributed by atoms with van der Waals surface area (Å²) in [6, 6.07) is 26.0. The van der Waals surface area contributed by atoms with E-state index in [0.29, 0.717) is 5.89 Å². The van der Waals surface area contributed by atoms with E-state index < -0.39 is 8.07 Å². The zero-order chi connectivity index (χ0) is 25.4. The molecule has 0 atom stereocenters. The Balaban J connectivity index is 1.34. The normalized spacial score (nSPS) is 11.8. The number of fused-ring (bicyclic) bond motifs is 1. The number of hydrogen-bond acceptors (Lipinski definition) is 3. The minimum Gasteiger partial charge on any atom is -0.494 e. The first-order chi connectivity index (χ1) is 17.5. The van der Waals surface area contributed by atoms with Gasteiger partial charge in [0.2, 0.25) is 5.89 Å². The summed E-state index contributed by atoms with van der Waals surface area (Å²) in [5.41, 5.74) is 6.45. The molecule has 0 bridgehead atoms. The molecule has 4 aromatic rings. The summed E-state index contributed by atoms with van der Waals surface area (Å²) < 4.78 is 12.1. The first kappa shape index (κ1) is 26.2. The number of hydrogen-bond donors (Lipinski definition) is 0. The average molecular weight is 500 g/mol. The van der Waals surface area contributed by atoms with Gasteiger partial charge in [-0.25, -0.2) is 4.98 Å². The van der Waals surface area contributed by atoms with E-state index in [1.54, 1.807) is 0 Å². The third kappa shape index (κ3) is 7.10. The van der Waals surface area contributed by atoms with Crippen molar-refractivity contribution in [2.24, 2.45) is 0 Å². The molecule has 0 amide bonds. The smallest absolute Gasteiger partial charge is 0.227 e. The van der Waals surface area contributed by atoms with Gasteiger partial charge in [-0.1, -0.05) is 88.6 Å². The SMILES string of the molecule is CCCCc1ccc2oc(-c3ccc(-c4ccc(OCCC[Si](C)(C)CCCC)cc4)cc3)nc2c1. The van der Waals surface area contributed by atoms with Crippen LogP contribution in [0.5, 0.6) is 5.75 Å². The molecule has 1 aromatic heterocycles. The number of nitrogens with zero attached hydrogens (tertiary/aromatic N) is 1. The molecule has 0 spiro atoms. The number of rotatable bonds is 13. The number of aromatic nitrogens is 1. The molecule has 0 fully saturated rings. The molecule has 3 aromatic carbocycles. The van der Waals surface area contributed by atoms with Gasteiger partial charge in [-0.3, -0.25) is 0 Å². The maximum atomic E-state index is 6.04. The van der Waals surface area contributed by atoms with Gasteiger partial charge >= 0.3 is 0 Å². The van der Waals surface area contributed by atoms with Gasteiger partial charge in [0, 0.05) is 13.6 Å². The van der Waals surface area contributed by atoms with E-state index in [4.69, 9.17) is 14.1 Å². The highest BCUT2D eigenvalue weighted by molar-refractivity contribution is 6.77. The molecule has 0 saturated heterocycles. The van der Waals surface area contributed by atoms with Crippen LogP contribution in [-0.2, 0) is 6.42 Å². The molecule has 4 heteroatoms. The monoisotopic (exact) mass is 499 g/mol. The maximum absolute atomic E-state index is 6.04. The highest BCUT2D eigenvalue weighted by Crippen LogP contribution is 2.29. The van der Waals surface area contributed by atoms with Crippen LogP contribution in [0.2, 0.25) is 25.2 Å². The van der Waals surface area contributed by atoms with Gasteiger partial charge in [0.05, 0.1) is 6.61 Å². The fraction of sp³-hybridized carbons (Fsp3) is 0.406. The number of aryl methyl sites for hydroxylation is 1. The van der Waals surface area contributed by atoms with Gasteiger partial charge in [0.1, 0.15) is 11.3 Å². The molecular weight excluding hydrogens is 458 g/mol. The second kappa shape index (κ2) is 12.4. The van der Waals surface area contributed by atoms with Crippen molar-refractivity contribution in [3.63, 3.8) is 0 Å². The predicted molar refractivity (Wildman–Crippen MR) is 156 cm³/mol. The van der Waals surface area contributed by atoms with Crippen molar-refractivity contribution in [3.8, 4) is 28.3 Å². The Hall–Kier alpha value is -2.85. The summed E-state index contributed by atoms with van der Waals surface area (Å²) in [5, 5.41) is 0. The van der Waals surface area contributed by atoms with Crippen molar-refractivity contribution in [2.45, 2.75) is 77.6 Å². The van der Waals surface area contributed by atoms with Crippen molar-refractivity contribution in [2.75, 3.05) is 6.61 Å². The standard InChI is InChI=1S/C32H41NO2Si/c1-5-7-10-25-11-20-31-30(24-25)33-32(35-31)28-14-12-26(13-15-28)27-16-18-29(19-17-27)34-21-9-23-36(3,4)22-8-6-2/h11-20,24H,5-10,21-23H2,1-4H3. The molecule has 36 heavy (non-hydrogen) atoms. The lowest BCUT2D eigenvalue weighted by Gasteiger charge is -2.22. The zero-order valence-electron chi connectivity index (χ0n) is 22.5. The third-order valence-corrected chi connectivity index (χ3v) is 10.5. The average Bonchev–Trinajstić information content (AvgIpc) is 3.33. The summed E-state index contributed by atoms with van der Waals surface area (Å²) in [7, 11) is -1.05. The number of oxazole rings is 1. The third-order valence-electron chi connectivity index (χ3n) is 7.06. The van der Waals surface area contributed by atoms with Crippen LogP contribution in [0.3, 0.4) is 0 Å². The Morgan fingerprint density at radius 2 is 1.39 bits per heavy atom. The second-order valence-electron chi connectivity index (χ2n) is 10.7. The van der Waals surface area contributed by atoms with E-state index in [0.717, 1.165) is 41.9 Å². The topological polar surface area (TPSA) is 35.3 Å². The molecule has 0 saturated carbocycles. The fourth-order valence-corrected chi connectivity index (χ4v) is 7.36. The highest BCUT2D eigenvalue weighted by Gasteiger charge is 2.19. The number of ether oxygens (including phenoxy) is 1. The molecular formula is C32H41NO2Si. The minimum absolute atomic E-state index is 0.675. The number of benzene rings is 3. The Morgan fingerprint density at radius 1 is 0.750 bits per heavy atom. The van der Waals surface area contributed by atoms with Crippen molar-refractivity contribution in [1.29, 1.82) is 0 Å². The number of unbranched alkanes of at least 4 members (excludes halogenated alkanes) is 2. The van der Waals surface area contributed by atoms with Gasteiger partial charge in [-0.05, 0) is 72.4 Å². The summed E-state index contributed by atoms with van der Waals surface area (Å²) in [4.78, 5) is 4.75. The molecule has 0 N–H and O–H groups in total. The van der Waals surface area contributed by atoms with Gasteiger partial charge in [0.25, 0.3) is 0 Å². The first-order valence-corrected chi connectivity index (χ1v) is 17.1. The van der Waals surface area contributed by atoms with Crippen LogP contribution in [0.1, 0.15) is 51.5 Å². The van der Waals surface area contributed by atoms with Crippen LogP contribution in [0, 0.1) is 0 Å². The lowest BCUT2D eigenvalue weighted by molar-refractivity contribution is 0.316. The molecule has 0 aliphatic carbocycles. The Morgan fingerprint density at radius 3 is 2.08 bits per heavy atom. The van der Waals surface area contributed by atoms with E-state index >= 15 is 0 Å². The van der Waals surface area contributed by atoms with Crippen LogP contribution in [-0.4, -0.2) is 19.7 Å². The van der Waals surface area contributed by atoms with Crippen molar-refractivity contribution in [3.05, 3.63) is 72.3 Å². The van der Waals surface area contributed by atoms with E-state index in [1.807, 2.05) is 6.07 Å². The molecule has 4 rings (SSSR count). The molecule has 0 unspecified atom stereocenters. The Bertz CT molecular complexity index is 1230. The summed E-state index contributed by atoms with van der Waals surface area (Å²) in [6.45, 7) is 10.3. The Labute approximate surface area is 217 Å². The largest absolute Gasteiger partial charge is 0.494 e. The van der Waals surface area contributed by atoms with Crippen molar-refractivity contribution < 1.29 is 9.15 Å². The molecule has 3 nitrogen and oxygen atoms in total. The fourth-order valence-electron chi connectivity index (χ4n) is 4.70. The molecule has 0 aliphatic rings. The van der Waals surface area contributed by atoms with Gasteiger partial charge in [-0.15, -0.1) is 0 Å². The van der Waals surface area contributed by atoms with Crippen LogP contribution in [0.25, 0.3) is 33.7 Å². The van der Waals surface area contributed by atoms with Crippen molar-refractivity contribution in [1.82, 2.24) is 4.98 Å². The lowest BCUT2D eigenvalue weighted by atomic mass is 10.0. The van der Waals surface area contributed by atoms with E-state index in [1.165, 1.54) is 54.5 Å². The van der Waals surface area contributed by atoms with Crippen LogP contribution >= 0.6 is 0 Å². The van der Waals surface area contributed by atoms with E-state index in [2.05, 4.69) is 87.6 Å². The summed E-state index contributed by atoms with van der Waals surface area (Å²) in [5.74, 6) is 1.63. The molecule has 190 valence electrons.